The normalized spacial score (nSPS) is 22.9. The Balaban J connectivity index is 1.92. The molecule has 0 radical (unpaired) electrons. The molecule has 0 amide bonds. The van der Waals surface area contributed by atoms with Crippen molar-refractivity contribution in [2.75, 3.05) is 0 Å². The molecule has 3 nitrogen and oxygen atoms in total. The number of aromatic nitrogens is 2. The van der Waals surface area contributed by atoms with Crippen LogP contribution in [0.25, 0.3) is 0 Å². The molecule has 3 heteroatoms. The monoisotopic (exact) mass is 213 g/mol. The Morgan fingerprint density at radius 1 is 1.31 bits per heavy atom. The van der Waals surface area contributed by atoms with Crippen molar-refractivity contribution in [3.63, 3.8) is 0 Å². The van der Waals surface area contributed by atoms with Crippen LogP contribution in [0.3, 0.4) is 0 Å². The number of hydrogen-bond donors (Lipinski definition) is 0. The summed E-state index contributed by atoms with van der Waals surface area (Å²) < 4.78 is 0. The maximum absolute atomic E-state index is 9.26. The summed E-state index contributed by atoms with van der Waals surface area (Å²) in [6.07, 6.45) is 8.62. The molecule has 0 saturated heterocycles. The van der Waals surface area contributed by atoms with E-state index in [0.717, 1.165) is 30.8 Å². The molecule has 2 aliphatic rings. The highest BCUT2D eigenvalue weighted by Gasteiger charge is 2.42. The summed E-state index contributed by atoms with van der Waals surface area (Å²) in [5, 5.41) is 9.26. The Hall–Kier alpha value is -1.43. The number of nitrogens with zero attached hydrogens (tertiary/aromatic N) is 3. The molecule has 0 aromatic carbocycles. The summed E-state index contributed by atoms with van der Waals surface area (Å²) in [4.78, 5) is 8.94. The van der Waals surface area contributed by atoms with Crippen LogP contribution in [-0.4, -0.2) is 9.97 Å². The lowest BCUT2D eigenvalue weighted by Gasteiger charge is -2.34. The van der Waals surface area contributed by atoms with Crippen LogP contribution in [0.2, 0.25) is 0 Å². The van der Waals surface area contributed by atoms with E-state index in [9.17, 15) is 5.26 Å². The number of rotatable bonds is 2. The molecule has 1 heterocycles. The fraction of sp³-hybridized carbons (Fsp3) is 0.615. The first kappa shape index (κ1) is 9.77. The van der Waals surface area contributed by atoms with Crippen LogP contribution in [0, 0.1) is 11.3 Å². The van der Waals surface area contributed by atoms with E-state index < -0.39 is 0 Å². The predicted octanol–water partition coefficient (Wildman–Crippen LogP) is 2.69. The van der Waals surface area contributed by atoms with E-state index in [1.165, 1.54) is 19.3 Å². The first-order valence-electron chi connectivity index (χ1n) is 6.09. The van der Waals surface area contributed by atoms with E-state index in [2.05, 4.69) is 16.0 Å². The largest absolute Gasteiger partial charge is 0.240 e. The summed E-state index contributed by atoms with van der Waals surface area (Å²) >= 11 is 0. The lowest BCUT2D eigenvalue weighted by atomic mass is 9.69. The smallest absolute Gasteiger partial charge is 0.148 e. The SMILES string of the molecule is N#CC1(c2nccc(C3CCC3)n2)CCC1. The van der Waals surface area contributed by atoms with Gasteiger partial charge in [0.15, 0.2) is 0 Å². The van der Waals surface area contributed by atoms with E-state index in [1.54, 1.807) is 0 Å². The van der Waals surface area contributed by atoms with Crippen molar-refractivity contribution < 1.29 is 0 Å². The van der Waals surface area contributed by atoms with Gasteiger partial charge in [0.05, 0.1) is 6.07 Å². The third kappa shape index (κ3) is 1.33. The van der Waals surface area contributed by atoms with Gasteiger partial charge in [-0.1, -0.05) is 6.42 Å². The summed E-state index contributed by atoms with van der Waals surface area (Å²) in [6, 6.07) is 4.42. The minimum atomic E-state index is -0.361. The Kier molecular flexibility index (Phi) is 2.17. The van der Waals surface area contributed by atoms with Gasteiger partial charge < -0.3 is 0 Å². The van der Waals surface area contributed by atoms with Crippen molar-refractivity contribution in [2.24, 2.45) is 0 Å². The zero-order valence-electron chi connectivity index (χ0n) is 9.32. The third-order valence-electron chi connectivity index (χ3n) is 4.05. The van der Waals surface area contributed by atoms with Crippen molar-refractivity contribution in [3.05, 3.63) is 23.8 Å². The molecule has 1 aromatic heterocycles. The molecule has 0 atom stereocenters. The Morgan fingerprint density at radius 2 is 2.12 bits per heavy atom. The average Bonchev–Trinajstić information content (AvgIpc) is 2.15. The maximum atomic E-state index is 9.26. The summed E-state index contributed by atoms with van der Waals surface area (Å²) in [6.45, 7) is 0. The zero-order chi connectivity index (χ0) is 11.0. The van der Waals surface area contributed by atoms with Crippen LogP contribution in [0.15, 0.2) is 12.3 Å². The van der Waals surface area contributed by atoms with Crippen LogP contribution in [0.5, 0.6) is 0 Å². The van der Waals surface area contributed by atoms with Gasteiger partial charge in [0.25, 0.3) is 0 Å². The molecule has 0 N–H and O–H groups in total. The first-order valence-corrected chi connectivity index (χ1v) is 6.09. The molecular weight excluding hydrogens is 198 g/mol. The zero-order valence-corrected chi connectivity index (χ0v) is 9.32. The molecule has 1 aromatic rings. The first-order chi connectivity index (χ1) is 7.84. The van der Waals surface area contributed by atoms with Gasteiger partial charge in [0, 0.05) is 17.8 Å². The van der Waals surface area contributed by atoms with Gasteiger partial charge in [0.2, 0.25) is 0 Å². The van der Waals surface area contributed by atoms with E-state index in [4.69, 9.17) is 0 Å². The second-order valence-corrected chi connectivity index (χ2v) is 4.98. The summed E-state index contributed by atoms with van der Waals surface area (Å²) in [7, 11) is 0. The Morgan fingerprint density at radius 3 is 2.62 bits per heavy atom. The highest BCUT2D eigenvalue weighted by atomic mass is 14.9. The van der Waals surface area contributed by atoms with Gasteiger partial charge >= 0.3 is 0 Å². The average molecular weight is 213 g/mol. The molecule has 82 valence electrons. The number of nitriles is 1. The van der Waals surface area contributed by atoms with E-state index in [-0.39, 0.29) is 5.41 Å². The minimum Gasteiger partial charge on any atom is -0.240 e. The van der Waals surface area contributed by atoms with Gasteiger partial charge in [-0.25, -0.2) is 9.97 Å². The van der Waals surface area contributed by atoms with Crippen molar-refractivity contribution in [2.45, 2.75) is 49.9 Å². The molecule has 2 fully saturated rings. The summed E-state index contributed by atoms with van der Waals surface area (Å²) in [5.41, 5.74) is 0.789. The lowest BCUT2D eigenvalue weighted by Crippen LogP contribution is -2.35. The molecule has 2 aliphatic carbocycles. The quantitative estimate of drug-likeness (QED) is 0.758. The highest BCUT2D eigenvalue weighted by Crippen LogP contribution is 2.42. The lowest BCUT2D eigenvalue weighted by molar-refractivity contribution is 0.304. The predicted molar refractivity (Wildman–Crippen MR) is 59.8 cm³/mol. The third-order valence-corrected chi connectivity index (χ3v) is 4.05. The van der Waals surface area contributed by atoms with E-state index >= 15 is 0 Å². The highest BCUT2D eigenvalue weighted by molar-refractivity contribution is 5.26. The van der Waals surface area contributed by atoms with E-state index in [0.29, 0.717) is 5.92 Å². The fourth-order valence-corrected chi connectivity index (χ4v) is 2.45. The molecule has 2 saturated carbocycles. The Labute approximate surface area is 95.5 Å². The Bertz CT molecular complexity index is 439. The standard InChI is InChI=1S/C13H15N3/c14-9-13(6-2-7-13)12-15-8-5-11(16-12)10-3-1-4-10/h5,8,10H,1-4,6-7H2. The topological polar surface area (TPSA) is 49.6 Å². The van der Waals surface area contributed by atoms with Crippen LogP contribution >= 0.6 is 0 Å². The van der Waals surface area contributed by atoms with Crippen molar-refractivity contribution in [1.29, 1.82) is 5.26 Å². The molecule has 3 rings (SSSR count). The van der Waals surface area contributed by atoms with Gasteiger partial charge in [-0.2, -0.15) is 5.26 Å². The minimum absolute atomic E-state index is 0.361. The van der Waals surface area contributed by atoms with Gasteiger partial charge in [-0.05, 0) is 38.2 Å². The molecule has 0 bridgehead atoms. The molecule has 0 spiro atoms. The van der Waals surface area contributed by atoms with Gasteiger partial charge in [-0.3, -0.25) is 0 Å². The van der Waals surface area contributed by atoms with Crippen LogP contribution in [-0.2, 0) is 5.41 Å². The number of hydrogen-bond acceptors (Lipinski definition) is 3. The van der Waals surface area contributed by atoms with Crippen molar-refractivity contribution >= 4 is 0 Å². The molecule has 0 unspecified atom stereocenters. The molecule has 0 aliphatic heterocycles. The van der Waals surface area contributed by atoms with Gasteiger partial charge in [-0.15, -0.1) is 0 Å². The second kappa shape index (κ2) is 3.55. The molecule has 16 heavy (non-hydrogen) atoms. The fourth-order valence-electron chi connectivity index (χ4n) is 2.45. The van der Waals surface area contributed by atoms with Crippen LogP contribution < -0.4 is 0 Å². The second-order valence-electron chi connectivity index (χ2n) is 4.98. The van der Waals surface area contributed by atoms with E-state index in [1.807, 2.05) is 12.3 Å². The maximum Gasteiger partial charge on any atom is 0.148 e. The van der Waals surface area contributed by atoms with Crippen molar-refractivity contribution in [3.8, 4) is 6.07 Å². The van der Waals surface area contributed by atoms with Gasteiger partial charge in [0.1, 0.15) is 11.2 Å². The summed E-state index contributed by atoms with van der Waals surface area (Å²) in [5.74, 6) is 1.39. The van der Waals surface area contributed by atoms with Crippen LogP contribution in [0.1, 0.15) is 56.0 Å². The van der Waals surface area contributed by atoms with Crippen LogP contribution in [0.4, 0.5) is 0 Å². The van der Waals surface area contributed by atoms with Crippen molar-refractivity contribution in [1.82, 2.24) is 9.97 Å². The molecular formula is C13H15N3.